The lowest BCUT2D eigenvalue weighted by atomic mass is 10.1. The molecule has 0 bridgehead atoms. The Morgan fingerprint density at radius 1 is 1.17 bits per heavy atom. The van der Waals surface area contributed by atoms with Crippen LogP contribution in [-0.2, 0) is 0 Å². The number of thiocarbonyl (C=S) groups is 1. The molecule has 0 radical (unpaired) electrons. The second-order valence-corrected chi connectivity index (χ2v) is 6.06. The van der Waals surface area contributed by atoms with Gasteiger partial charge in [-0.1, -0.05) is 23.7 Å². The number of pyridine rings is 1. The van der Waals surface area contributed by atoms with Gasteiger partial charge in [0.2, 0.25) is 0 Å². The van der Waals surface area contributed by atoms with Gasteiger partial charge in [0.25, 0.3) is 5.91 Å². The number of halogens is 1. The van der Waals surface area contributed by atoms with Gasteiger partial charge in [-0.3, -0.25) is 15.1 Å². The summed E-state index contributed by atoms with van der Waals surface area (Å²) < 4.78 is 0. The molecule has 0 aliphatic rings. The van der Waals surface area contributed by atoms with E-state index in [-0.39, 0.29) is 11.0 Å². The van der Waals surface area contributed by atoms with Crippen LogP contribution in [0.1, 0.15) is 15.9 Å². The van der Waals surface area contributed by atoms with E-state index in [0.29, 0.717) is 10.6 Å². The number of hydrogen-bond acceptors (Lipinski definition) is 3. The van der Waals surface area contributed by atoms with Crippen LogP contribution in [0.5, 0.6) is 0 Å². The van der Waals surface area contributed by atoms with Crippen LogP contribution in [0, 0.1) is 6.92 Å². The van der Waals surface area contributed by atoms with Gasteiger partial charge < -0.3 is 5.32 Å². The monoisotopic (exact) mass is 355 g/mol. The number of fused-ring (bicyclic) bond motifs is 1. The highest BCUT2D eigenvalue weighted by Crippen LogP contribution is 2.21. The average Bonchev–Trinajstić information content (AvgIpc) is 2.57. The molecule has 0 saturated carbocycles. The first-order valence-corrected chi connectivity index (χ1v) is 8.05. The van der Waals surface area contributed by atoms with Crippen molar-refractivity contribution in [2.24, 2.45) is 0 Å². The van der Waals surface area contributed by atoms with Crippen LogP contribution in [-0.4, -0.2) is 16.0 Å². The second kappa shape index (κ2) is 6.95. The van der Waals surface area contributed by atoms with E-state index < -0.39 is 0 Å². The standard InChI is InChI=1S/C18H14ClN3OS/c1-11-7-8-12(10-14(11)19)17(23)22-18(24)21-16-6-2-5-15-13(16)4-3-9-20-15/h2-10H,1H3,(H2,21,22,23,24). The van der Waals surface area contributed by atoms with E-state index in [1.165, 1.54) is 0 Å². The zero-order valence-corrected chi connectivity index (χ0v) is 14.4. The summed E-state index contributed by atoms with van der Waals surface area (Å²) in [7, 11) is 0. The molecule has 0 unspecified atom stereocenters. The Bertz CT molecular complexity index is 937. The number of anilines is 1. The summed E-state index contributed by atoms with van der Waals surface area (Å²) in [5.74, 6) is -0.312. The van der Waals surface area contributed by atoms with Crippen LogP contribution < -0.4 is 10.6 Å². The molecule has 2 aromatic carbocycles. The summed E-state index contributed by atoms with van der Waals surface area (Å²) in [6.07, 6.45) is 1.73. The zero-order valence-electron chi connectivity index (χ0n) is 12.8. The third kappa shape index (κ3) is 3.53. The molecule has 1 aromatic heterocycles. The molecule has 0 aliphatic carbocycles. The van der Waals surface area contributed by atoms with E-state index in [1.54, 1.807) is 24.4 Å². The zero-order chi connectivity index (χ0) is 17.1. The number of benzene rings is 2. The lowest BCUT2D eigenvalue weighted by molar-refractivity contribution is 0.0977. The van der Waals surface area contributed by atoms with Crippen molar-refractivity contribution in [2.75, 3.05) is 5.32 Å². The molecule has 0 spiro atoms. The first-order chi connectivity index (χ1) is 11.5. The number of aromatic nitrogens is 1. The fraction of sp³-hybridized carbons (Fsp3) is 0.0556. The summed E-state index contributed by atoms with van der Waals surface area (Å²) in [5.41, 5.74) is 3.00. The summed E-state index contributed by atoms with van der Waals surface area (Å²) >= 11 is 11.3. The van der Waals surface area contributed by atoms with E-state index in [9.17, 15) is 4.79 Å². The van der Waals surface area contributed by atoms with Gasteiger partial charge in [-0.2, -0.15) is 0 Å². The predicted molar refractivity (Wildman–Crippen MR) is 102 cm³/mol. The molecule has 6 heteroatoms. The van der Waals surface area contributed by atoms with E-state index in [0.717, 1.165) is 22.2 Å². The van der Waals surface area contributed by atoms with Crippen molar-refractivity contribution >= 4 is 51.4 Å². The highest BCUT2D eigenvalue weighted by atomic mass is 35.5. The number of carbonyl (C=O) groups excluding carboxylic acids is 1. The minimum atomic E-state index is -0.312. The lowest BCUT2D eigenvalue weighted by Crippen LogP contribution is -2.34. The Balaban J connectivity index is 1.75. The van der Waals surface area contributed by atoms with Crippen molar-refractivity contribution in [1.82, 2.24) is 10.3 Å². The molecule has 120 valence electrons. The van der Waals surface area contributed by atoms with E-state index in [1.807, 2.05) is 37.3 Å². The van der Waals surface area contributed by atoms with Crippen LogP contribution in [0.25, 0.3) is 10.9 Å². The normalized spacial score (nSPS) is 10.4. The molecular formula is C18H14ClN3OS. The molecule has 24 heavy (non-hydrogen) atoms. The topological polar surface area (TPSA) is 54.0 Å². The largest absolute Gasteiger partial charge is 0.332 e. The van der Waals surface area contributed by atoms with Crippen LogP contribution in [0.3, 0.4) is 0 Å². The third-order valence-corrected chi connectivity index (χ3v) is 4.17. The van der Waals surface area contributed by atoms with Gasteiger partial charge in [0.15, 0.2) is 5.11 Å². The summed E-state index contributed by atoms with van der Waals surface area (Å²) in [6, 6.07) is 14.6. The molecule has 4 nitrogen and oxygen atoms in total. The van der Waals surface area contributed by atoms with Crippen LogP contribution in [0.15, 0.2) is 54.7 Å². The molecule has 2 N–H and O–H groups in total. The minimum Gasteiger partial charge on any atom is -0.332 e. The number of amides is 1. The first kappa shape index (κ1) is 16.4. The fourth-order valence-corrected chi connectivity index (χ4v) is 2.66. The van der Waals surface area contributed by atoms with Crippen molar-refractivity contribution in [3.63, 3.8) is 0 Å². The summed E-state index contributed by atoms with van der Waals surface area (Å²) in [6.45, 7) is 1.88. The molecule has 0 saturated heterocycles. The van der Waals surface area contributed by atoms with Crippen LogP contribution in [0.4, 0.5) is 5.69 Å². The van der Waals surface area contributed by atoms with Crippen LogP contribution >= 0.6 is 23.8 Å². The van der Waals surface area contributed by atoms with Crippen molar-refractivity contribution in [1.29, 1.82) is 0 Å². The molecule has 1 amide bonds. The van der Waals surface area contributed by atoms with Crippen molar-refractivity contribution < 1.29 is 4.79 Å². The highest BCUT2D eigenvalue weighted by Gasteiger charge is 2.10. The van der Waals surface area contributed by atoms with Crippen LogP contribution in [0.2, 0.25) is 5.02 Å². The maximum Gasteiger partial charge on any atom is 0.257 e. The third-order valence-electron chi connectivity index (χ3n) is 3.55. The predicted octanol–water partition coefficient (Wildman–Crippen LogP) is 4.32. The van der Waals surface area contributed by atoms with Gasteiger partial charge >= 0.3 is 0 Å². The maximum atomic E-state index is 12.3. The molecule has 3 rings (SSSR count). The lowest BCUT2D eigenvalue weighted by Gasteiger charge is -2.12. The second-order valence-electron chi connectivity index (χ2n) is 5.25. The number of aryl methyl sites for hydroxylation is 1. The van der Waals surface area contributed by atoms with Gasteiger partial charge in [0.1, 0.15) is 0 Å². The molecular weight excluding hydrogens is 342 g/mol. The Morgan fingerprint density at radius 2 is 2.00 bits per heavy atom. The molecule has 3 aromatic rings. The number of rotatable bonds is 2. The number of nitrogens with zero attached hydrogens (tertiary/aromatic N) is 1. The smallest absolute Gasteiger partial charge is 0.257 e. The van der Waals surface area contributed by atoms with Gasteiger partial charge in [0.05, 0.1) is 5.52 Å². The quantitative estimate of drug-likeness (QED) is 0.672. The van der Waals surface area contributed by atoms with E-state index >= 15 is 0 Å². The van der Waals surface area contributed by atoms with Gasteiger partial charge in [-0.25, -0.2) is 0 Å². The van der Waals surface area contributed by atoms with Crippen molar-refractivity contribution in [3.8, 4) is 0 Å². The fourth-order valence-electron chi connectivity index (χ4n) is 2.28. The number of carbonyl (C=O) groups is 1. The van der Waals surface area contributed by atoms with Gasteiger partial charge in [-0.05, 0) is 61.1 Å². The summed E-state index contributed by atoms with van der Waals surface area (Å²) in [4.78, 5) is 16.6. The Kier molecular flexibility index (Phi) is 4.74. The summed E-state index contributed by atoms with van der Waals surface area (Å²) in [5, 5.41) is 7.38. The van der Waals surface area contributed by atoms with Gasteiger partial charge in [0, 0.05) is 27.9 Å². The van der Waals surface area contributed by atoms with E-state index in [4.69, 9.17) is 23.8 Å². The number of nitrogens with one attached hydrogen (secondary N) is 2. The highest BCUT2D eigenvalue weighted by molar-refractivity contribution is 7.80. The Hall–Kier alpha value is -2.50. The molecule has 0 fully saturated rings. The Labute approximate surface area is 149 Å². The SMILES string of the molecule is Cc1ccc(C(=O)NC(=S)Nc2cccc3ncccc23)cc1Cl. The molecule has 0 aliphatic heterocycles. The first-order valence-electron chi connectivity index (χ1n) is 7.27. The van der Waals surface area contributed by atoms with Gasteiger partial charge in [-0.15, -0.1) is 0 Å². The molecule has 0 atom stereocenters. The Morgan fingerprint density at radius 3 is 2.79 bits per heavy atom. The minimum absolute atomic E-state index is 0.216. The average molecular weight is 356 g/mol. The number of hydrogen-bond donors (Lipinski definition) is 2. The van der Waals surface area contributed by atoms with E-state index in [2.05, 4.69) is 15.6 Å². The maximum absolute atomic E-state index is 12.3. The molecule has 1 heterocycles. The van der Waals surface area contributed by atoms with Crippen molar-refractivity contribution in [3.05, 3.63) is 70.9 Å². The van der Waals surface area contributed by atoms with Crippen molar-refractivity contribution in [2.45, 2.75) is 6.92 Å².